The molecule has 2 rings (SSSR count). The van der Waals surface area contributed by atoms with E-state index >= 15 is 0 Å². The second kappa shape index (κ2) is 8.66. The molecular weight excluding hydrogens is 350 g/mol. The van der Waals surface area contributed by atoms with E-state index in [1.165, 1.54) is 0 Å². The Kier molecular flexibility index (Phi) is 6.55. The number of carbonyl (C=O) groups excluding carboxylic acids is 4. The molecule has 0 saturated carbocycles. The molecular formula is C19H25N3O5. The van der Waals surface area contributed by atoms with Gasteiger partial charge in [-0.2, -0.15) is 0 Å². The van der Waals surface area contributed by atoms with E-state index in [1.54, 1.807) is 18.7 Å². The summed E-state index contributed by atoms with van der Waals surface area (Å²) in [7, 11) is 0. The predicted octanol–water partition coefficient (Wildman–Crippen LogP) is 1.36. The number of carbonyl (C=O) groups is 4. The molecule has 8 heteroatoms. The van der Waals surface area contributed by atoms with Crippen LogP contribution in [-0.2, 0) is 25.5 Å². The Hall–Kier alpha value is -2.90. The molecule has 1 aromatic carbocycles. The van der Waals surface area contributed by atoms with Gasteiger partial charge in [-0.25, -0.2) is 4.79 Å². The molecule has 146 valence electrons. The van der Waals surface area contributed by atoms with E-state index in [1.807, 2.05) is 36.5 Å². The fraction of sp³-hybridized carbons (Fsp3) is 0.474. The van der Waals surface area contributed by atoms with Crippen molar-refractivity contribution in [2.45, 2.75) is 39.7 Å². The van der Waals surface area contributed by atoms with Crippen molar-refractivity contribution in [3.8, 4) is 0 Å². The molecule has 1 aliphatic heterocycles. The summed E-state index contributed by atoms with van der Waals surface area (Å²) in [6.07, 6.45) is -0.248. The van der Waals surface area contributed by atoms with Crippen LogP contribution in [0.15, 0.2) is 24.3 Å². The van der Waals surface area contributed by atoms with Crippen molar-refractivity contribution in [2.24, 2.45) is 17.6 Å². The highest BCUT2D eigenvalue weighted by Crippen LogP contribution is 2.27. The zero-order chi connectivity index (χ0) is 20.1. The molecule has 3 N–H and O–H groups in total. The summed E-state index contributed by atoms with van der Waals surface area (Å²) in [5, 5.41) is 1.92. The first kappa shape index (κ1) is 20.4. The van der Waals surface area contributed by atoms with E-state index in [9.17, 15) is 19.2 Å². The molecule has 1 fully saturated rings. The van der Waals surface area contributed by atoms with Crippen LogP contribution in [0.25, 0.3) is 0 Å². The average molecular weight is 375 g/mol. The number of urea groups is 1. The first-order valence-corrected chi connectivity index (χ1v) is 8.93. The van der Waals surface area contributed by atoms with Gasteiger partial charge in [0.1, 0.15) is 0 Å². The van der Waals surface area contributed by atoms with E-state index in [0.29, 0.717) is 0 Å². The van der Waals surface area contributed by atoms with Crippen LogP contribution in [0, 0.1) is 11.8 Å². The Balaban J connectivity index is 2.05. The summed E-state index contributed by atoms with van der Waals surface area (Å²) in [4.78, 5) is 49.2. The lowest BCUT2D eigenvalue weighted by molar-refractivity contribution is -0.161. The van der Waals surface area contributed by atoms with Crippen LogP contribution in [0.5, 0.6) is 0 Å². The summed E-state index contributed by atoms with van der Waals surface area (Å²) in [6, 6.07) is 6.57. The number of amides is 4. The molecule has 0 spiro atoms. The Bertz CT molecular complexity index is 729. The first-order chi connectivity index (χ1) is 12.7. The number of hydrogen-bond acceptors (Lipinski definition) is 5. The lowest BCUT2D eigenvalue weighted by atomic mass is 10.1. The highest BCUT2D eigenvalue weighted by Gasteiger charge is 2.38. The smallest absolute Gasteiger partial charge is 0.318 e. The topological polar surface area (TPSA) is 119 Å². The van der Waals surface area contributed by atoms with Crippen LogP contribution in [0.2, 0.25) is 0 Å². The minimum Gasteiger partial charge on any atom is -0.452 e. The number of anilines is 1. The lowest BCUT2D eigenvalue weighted by Gasteiger charge is -2.22. The second-order valence-electron chi connectivity index (χ2n) is 6.88. The van der Waals surface area contributed by atoms with Crippen molar-refractivity contribution >= 4 is 29.5 Å². The van der Waals surface area contributed by atoms with Crippen molar-refractivity contribution in [3.05, 3.63) is 29.8 Å². The van der Waals surface area contributed by atoms with Crippen molar-refractivity contribution in [3.63, 3.8) is 0 Å². The Morgan fingerprint density at radius 3 is 2.41 bits per heavy atom. The van der Waals surface area contributed by atoms with Crippen LogP contribution < -0.4 is 16.0 Å². The number of nitrogens with one attached hydrogen (secondary N) is 1. The summed E-state index contributed by atoms with van der Waals surface area (Å²) >= 11 is 0. The monoisotopic (exact) mass is 375 g/mol. The normalized spacial score (nSPS) is 17.7. The van der Waals surface area contributed by atoms with Gasteiger partial charge in [-0.05, 0) is 30.0 Å². The largest absolute Gasteiger partial charge is 0.452 e. The van der Waals surface area contributed by atoms with E-state index in [4.69, 9.17) is 10.5 Å². The molecule has 1 aromatic rings. The van der Waals surface area contributed by atoms with E-state index in [2.05, 4.69) is 0 Å². The number of esters is 1. The van der Waals surface area contributed by atoms with Gasteiger partial charge in [0.25, 0.3) is 5.91 Å². The van der Waals surface area contributed by atoms with E-state index < -0.39 is 29.9 Å². The maximum absolute atomic E-state index is 12.5. The van der Waals surface area contributed by atoms with Gasteiger partial charge in [0.2, 0.25) is 5.91 Å². The minimum absolute atomic E-state index is 0.0105. The molecule has 1 saturated heterocycles. The number of rotatable bonds is 6. The predicted molar refractivity (Wildman–Crippen MR) is 98.7 cm³/mol. The number of nitrogens with two attached hydrogens (primary N) is 1. The van der Waals surface area contributed by atoms with Crippen molar-refractivity contribution < 1.29 is 23.9 Å². The molecule has 0 aromatic heterocycles. The van der Waals surface area contributed by atoms with Crippen LogP contribution in [-0.4, -0.2) is 36.5 Å². The molecule has 4 amide bonds. The Labute approximate surface area is 158 Å². The standard InChI is InChI=1S/C19H25N3O5/c1-4-12-5-7-14(8-6-12)22-10-13(9-15(22)23)18(25)27-16(11(2)3)17(24)21-19(20)26/h5-8,11,13,16H,4,9-10H2,1-3H3,(H3,20,21,24,26)/t13-,16+/m0/s1. The summed E-state index contributed by atoms with van der Waals surface area (Å²) in [5.41, 5.74) is 6.82. The quantitative estimate of drug-likeness (QED) is 0.728. The average Bonchev–Trinajstić information content (AvgIpc) is 3.00. The van der Waals surface area contributed by atoms with Crippen LogP contribution in [0.1, 0.15) is 32.8 Å². The van der Waals surface area contributed by atoms with Gasteiger partial charge < -0.3 is 15.4 Å². The van der Waals surface area contributed by atoms with Crippen molar-refractivity contribution in [1.29, 1.82) is 0 Å². The van der Waals surface area contributed by atoms with Gasteiger partial charge in [-0.15, -0.1) is 0 Å². The summed E-state index contributed by atoms with van der Waals surface area (Å²) in [5.74, 6) is -2.63. The molecule has 1 heterocycles. The number of imide groups is 1. The number of primary amides is 1. The first-order valence-electron chi connectivity index (χ1n) is 8.93. The third kappa shape index (κ3) is 5.06. The SMILES string of the molecule is CCc1ccc(N2C[C@@H](C(=O)O[C@@H](C(=O)NC(N)=O)C(C)C)CC2=O)cc1. The van der Waals surface area contributed by atoms with Crippen LogP contribution in [0.4, 0.5) is 10.5 Å². The maximum atomic E-state index is 12.5. The van der Waals surface area contributed by atoms with Gasteiger partial charge in [0, 0.05) is 18.7 Å². The molecule has 2 atom stereocenters. The Morgan fingerprint density at radius 1 is 1.26 bits per heavy atom. The Morgan fingerprint density at radius 2 is 1.89 bits per heavy atom. The number of hydrogen-bond donors (Lipinski definition) is 2. The molecule has 0 unspecified atom stereocenters. The molecule has 0 aliphatic carbocycles. The minimum atomic E-state index is -1.15. The maximum Gasteiger partial charge on any atom is 0.318 e. The van der Waals surface area contributed by atoms with Crippen LogP contribution in [0.3, 0.4) is 0 Å². The third-order valence-electron chi connectivity index (χ3n) is 4.47. The highest BCUT2D eigenvalue weighted by atomic mass is 16.5. The van der Waals surface area contributed by atoms with E-state index in [0.717, 1.165) is 17.7 Å². The third-order valence-corrected chi connectivity index (χ3v) is 4.47. The fourth-order valence-corrected chi connectivity index (χ4v) is 2.93. The van der Waals surface area contributed by atoms with Gasteiger partial charge in [0.05, 0.1) is 5.92 Å². The highest BCUT2D eigenvalue weighted by molar-refractivity contribution is 6.00. The molecule has 1 aliphatic rings. The number of aryl methyl sites for hydroxylation is 1. The zero-order valence-electron chi connectivity index (χ0n) is 15.7. The fourth-order valence-electron chi connectivity index (χ4n) is 2.93. The zero-order valence-corrected chi connectivity index (χ0v) is 15.7. The molecule has 0 radical (unpaired) electrons. The van der Waals surface area contributed by atoms with Crippen LogP contribution >= 0.6 is 0 Å². The molecule has 0 bridgehead atoms. The van der Waals surface area contributed by atoms with Crippen molar-refractivity contribution in [1.82, 2.24) is 5.32 Å². The lowest BCUT2D eigenvalue weighted by Crippen LogP contribution is -2.46. The number of benzene rings is 1. The van der Waals surface area contributed by atoms with Gasteiger partial charge in [0.15, 0.2) is 6.10 Å². The van der Waals surface area contributed by atoms with Crippen molar-refractivity contribution in [2.75, 3.05) is 11.4 Å². The number of nitrogens with zero attached hydrogens (tertiary/aromatic N) is 1. The van der Waals surface area contributed by atoms with Gasteiger partial charge in [-0.3, -0.25) is 19.7 Å². The van der Waals surface area contributed by atoms with Gasteiger partial charge in [-0.1, -0.05) is 32.9 Å². The summed E-state index contributed by atoms with van der Waals surface area (Å²) < 4.78 is 5.29. The van der Waals surface area contributed by atoms with E-state index in [-0.39, 0.29) is 24.8 Å². The summed E-state index contributed by atoms with van der Waals surface area (Å²) in [6.45, 7) is 5.59. The second-order valence-corrected chi connectivity index (χ2v) is 6.88. The number of ether oxygens (including phenoxy) is 1. The van der Waals surface area contributed by atoms with Gasteiger partial charge >= 0.3 is 12.0 Å². The molecule has 8 nitrogen and oxygen atoms in total. The molecule has 27 heavy (non-hydrogen) atoms.